The Bertz CT molecular complexity index is 524. The average Bonchev–Trinajstić information content (AvgIpc) is 2.71. The molecule has 2 rings (SSSR count). The lowest BCUT2D eigenvalue weighted by Gasteiger charge is -2.04. The van der Waals surface area contributed by atoms with Crippen molar-refractivity contribution in [1.29, 1.82) is 0 Å². The summed E-state index contributed by atoms with van der Waals surface area (Å²) in [6.07, 6.45) is 5.21. The summed E-state index contributed by atoms with van der Waals surface area (Å²) in [5, 5.41) is 4.42. The van der Waals surface area contributed by atoms with E-state index in [0.717, 1.165) is 6.42 Å². The van der Waals surface area contributed by atoms with Gasteiger partial charge in [0.05, 0.1) is 11.2 Å². The quantitative estimate of drug-likeness (QED) is 0.779. The number of hydrogen-bond donors (Lipinski definition) is 0. The van der Waals surface area contributed by atoms with E-state index in [4.69, 9.17) is 11.6 Å². The van der Waals surface area contributed by atoms with E-state index in [1.54, 1.807) is 10.7 Å². The van der Waals surface area contributed by atoms with Crippen LogP contribution in [0.25, 0.3) is 0 Å². The Morgan fingerprint density at radius 2 is 2.35 bits per heavy atom. The fraction of sp³-hybridized carbons (Fsp3) is 0.273. The number of carbonyl (C=O) groups is 1. The highest BCUT2D eigenvalue weighted by molar-refractivity contribution is 6.34. The molecule has 0 unspecified atom stereocenters. The number of halogens is 1. The van der Waals surface area contributed by atoms with Gasteiger partial charge in [0.15, 0.2) is 0 Å². The smallest absolute Gasteiger partial charge is 0.230 e. The summed E-state index contributed by atoms with van der Waals surface area (Å²) in [6, 6.07) is 1.56. The van der Waals surface area contributed by atoms with Crippen molar-refractivity contribution in [2.45, 2.75) is 19.9 Å². The molecule has 17 heavy (non-hydrogen) atoms. The SMILES string of the molecule is CCCn1ncc(Cl)c1C(=O)c1ccncn1. The van der Waals surface area contributed by atoms with Crippen LogP contribution in [0, 0.1) is 0 Å². The van der Waals surface area contributed by atoms with E-state index in [-0.39, 0.29) is 5.78 Å². The van der Waals surface area contributed by atoms with E-state index in [9.17, 15) is 4.79 Å². The summed E-state index contributed by atoms with van der Waals surface area (Å²) in [5.74, 6) is -0.233. The molecular weight excluding hydrogens is 240 g/mol. The van der Waals surface area contributed by atoms with Crippen LogP contribution in [0.2, 0.25) is 5.02 Å². The van der Waals surface area contributed by atoms with E-state index in [1.165, 1.54) is 18.7 Å². The molecule has 0 bridgehead atoms. The summed E-state index contributed by atoms with van der Waals surface area (Å²) in [7, 11) is 0. The van der Waals surface area contributed by atoms with Crippen LogP contribution in [0.5, 0.6) is 0 Å². The second-order valence-electron chi connectivity index (χ2n) is 3.49. The lowest BCUT2D eigenvalue weighted by atomic mass is 10.2. The number of nitrogens with zero attached hydrogens (tertiary/aromatic N) is 4. The Kier molecular flexibility index (Phi) is 3.49. The highest BCUT2D eigenvalue weighted by Gasteiger charge is 2.19. The number of aryl methyl sites for hydroxylation is 1. The van der Waals surface area contributed by atoms with E-state index < -0.39 is 0 Å². The van der Waals surface area contributed by atoms with Gasteiger partial charge < -0.3 is 0 Å². The Hall–Kier alpha value is -1.75. The standard InChI is InChI=1S/C11H11ClN4O/c1-2-5-16-10(8(12)6-15-16)11(17)9-3-4-13-7-14-9/h3-4,6-7H,2,5H2,1H3. The molecule has 0 aliphatic heterocycles. The van der Waals surface area contributed by atoms with Crippen molar-refractivity contribution in [1.82, 2.24) is 19.7 Å². The molecule has 0 atom stereocenters. The van der Waals surface area contributed by atoms with Crippen LogP contribution in [0.15, 0.2) is 24.8 Å². The number of carbonyl (C=O) groups excluding carboxylic acids is 1. The van der Waals surface area contributed by atoms with Gasteiger partial charge in [-0.1, -0.05) is 18.5 Å². The normalized spacial score (nSPS) is 10.5. The van der Waals surface area contributed by atoms with Gasteiger partial charge in [0.2, 0.25) is 5.78 Å². The Morgan fingerprint density at radius 3 is 3.00 bits per heavy atom. The fourth-order valence-corrected chi connectivity index (χ4v) is 1.74. The molecule has 0 N–H and O–H groups in total. The molecule has 5 nitrogen and oxygen atoms in total. The Balaban J connectivity index is 2.40. The second-order valence-corrected chi connectivity index (χ2v) is 3.90. The minimum absolute atomic E-state index is 0.233. The zero-order valence-corrected chi connectivity index (χ0v) is 10.1. The zero-order chi connectivity index (χ0) is 12.3. The predicted octanol–water partition coefficient (Wildman–Crippen LogP) is 1.97. The van der Waals surface area contributed by atoms with Crippen molar-refractivity contribution in [3.63, 3.8) is 0 Å². The zero-order valence-electron chi connectivity index (χ0n) is 9.30. The monoisotopic (exact) mass is 250 g/mol. The first-order valence-electron chi connectivity index (χ1n) is 5.26. The van der Waals surface area contributed by atoms with Gasteiger partial charge in [-0.15, -0.1) is 0 Å². The minimum Gasteiger partial charge on any atom is -0.285 e. The molecule has 88 valence electrons. The van der Waals surface area contributed by atoms with Gasteiger partial charge in [0.1, 0.15) is 17.7 Å². The topological polar surface area (TPSA) is 60.7 Å². The van der Waals surface area contributed by atoms with Crippen LogP contribution in [-0.2, 0) is 6.54 Å². The number of hydrogen-bond acceptors (Lipinski definition) is 4. The molecule has 0 amide bonds. The molecule has 0 aromatic carbocycles. The van der Waals surface area contributed by atoms with Gasteiger partial charge in [0.25, 0.3) is 0 Å². The van der Waals surface area contributed by atoms with Gasteiger partial charge >= 0.3 is 0 Å². The molecule has 0 aliphatic carbocycles. The third-order valence-corrected chi connectivity index (χ3v) is 2.54. The lowest BCUT2D eigenvalue weighted by molar-refractivity contribution is 0.102. The molecule has 6 heteroatoms. The summed E-state index contributed by atoms with van der Waals surface area (Å²) in [5.41, 5.74) is 0.701. The fourth-order valence-electron chi connectivity index (χ4n) is 1.52. The first kappa shape index (κ1) is 11.7. The van der Waals surface area contributed by atoms with E-state index in [2.05, 4.69) is 15.1 Å². The van der Waals surface area contributed by atoms with Crippen molar-refractivity contribution < 1.29 is 4.79 Å². The molecule has 0 spiro atoms. The largest absolute Gasteiger partial charge is 0.285 e. The van der Waals surface area contributed by atoms with Crippen LogP contribution in [0.3, 0.4) is 0 Å². The second kappa shape index (κ2) is 5.05. The average molecular weight is 251 g/mol. The van der Waals surface area contributed by atoms with Gasteiger partial charge in [-0.25, -0.2) is 9.97 Å². The Labute approximate surface area is 103 Å². The first-order valence-corrected chi connectivity index (χ1v) is 5.64. The number of ketones is 1. The molecule has 2 aromatic rings. The maximum Gasteiger partial charge on any atom is 0.230 e. The predicted molar refractivity (Wildman–Crippen MR) is 63.0 cm³/mol. The van der Waals surface area contributed by atoms with Crippen LogP contribution in [-0.4, -0.2) is 25.5 Å². The molecule has 0 fully saturated rings. The number of aromatic nitrogens is 4. The molecule has 2 aromatic heterocycles. The van der Waals surface area contributed by atoms with Crippen LogP contribution < -0.4 is 0 Å². The van der Waals surface area contributed by atoms with Gasteiger partial charge in [-0.05, 0) is 12.5 Å². The molecular formula is C11H11ClN4O. The van der Waals surface area contributed by atoms with Gasteiger partial charge in [0, 0.05) is 12.7 Å². The highest BCUT2D eigenvalue weighted by atomic mass is 35.5. The van der Waals surface area contributed by atoms with Crippen molar-refractivity contribution in [3.05, 3.63) is 41.2 Å². The summed E-state index contributed by atoms with van der Waals surface area (Å²) in [6.45, 7) is 2.66. The van der Waals surface area contributed by atoms with Crippen LogP contribution in [0.1, 0.15) is 29.5 Å². The summed E-state index contributed by atoms with van der Waals surface area (Å²) >= 11 is 5.98. The van der Waals surface area contributed by atoms with Crippen molar-refractivity contribution in [2.75, 3.05) is 0 Å². The maximum absolute atomic E-state index is 12.2. The summed E-state index contributed by atoms with van der Waals surface area (Å²) in [4.78, 5) is 19.9. The van der Waals surface area contributed by atoms with E-state index >= 15 is 0 Å². The van der Waals surface area contributed by atoms with Gasteiger partial charge in [-0.3, -0.25) is 9.48 Å². The minimum atomic E-state index is -0.233. The number of rotatable bonds is 4. The van der Waals surface area contributed by atoms with Crippen LogP contribution in [0.4, 0.5) is 0 Å². The molecule has 2 heterocycles. The Morgan fingerprint density at radius 1 is 1.53 bits per heavy atom. The van der Waals surface area contributed by atoms with Crippen molar-refractivity contribution >= 4 is 17.4 Å². The molecule has 0 radical (unpaired) electrons. The van der Waals surface area contributed by atoms with Crippen LogP contribution >= 0.6 is 11.6 Å². The molecule has 0 aliphatic rings. The third-order valence-electron chi connectivity index (χ3n) is 2.26. The highest BCUT2D eigenvalue weighted by Crippen LogP contribution is 2.18. The third kappa shape index (κ3) is 2.34. The van der Waals surface area contributed by atoms with E-state index in [0.29, 0.717) is 23.0 Å². The van der Waals surface area contributed by atoms with Crippen molar-refractivity contribution in [3.8, 4) is 0 Å². The lowest BCUT2D eigenvalue weighted by Crippen LogP contribution is -2.13. The van der Waals surface area contributed by atoms with Gasteiger partial charge in [-0.2, -0.15) is 5.10 Å². The first-order chi connectivity index (χ1) is 8.24. The maximum atomic E-state index is 12.2. The molecule has 0 saturated carbocycles. The van der Waals surface area contributed by atoms with Crippen molar-refractivity contribution in [2.24, 2.45) is 0 Å². The van der Waals surface area contributed by atoms with E-state index in [1.807, 2.05) is 6.92 Å². The molecule has 0 saturated heterocycles. The summed E-state index contributed by atoms with van der Waals surface area (Å²) < 4.78 is 1.60.